The summed E-state index contributed by atoms with van der Waals surface area (Å²) in [5.41, 5.74) is 5.97. The maximum absolute atomic E-state index is 4.66. The van der Waals surface area contributed by atoms with Gasteiger partial charge in [-0.3, -0.25) is 4.98 Å². The van der Waals surface area contributed by atoms with Crippen molar-refractivity contribution < 1.29 is 0 Å². The van der Waals surface area contributed by atoms with Gasteiger partial charge in [0.25, 0.3) is 0 Å². The molecule has 1 aromatic carbocycles. The lowest BCUT2D eigenvalue weighted by molar-refractivity contribution is 0.816. The van der Waals surface area contributed by atoms with Crippen molar-refractivity contribution in [3.63, 3.8) is 0 Å². The highest BCUT2D eigenvalue weighted by atomic mass is 32.2. The second-order valence-electron chi connectivity index (χ2n) is 4.43. The number of rotatable bonds is 1. The molecule has 0 N–H and O–H groups in total. The molecule has 0 saturated carbocycles. The average molecular weight is 258 g/mol. The highest BCUT2D eigenvalue weighted by Gasteiger charge is 2.13. The zero-order chi connectivity index (χ0) is 12.9. The molecular formula is C13H14N4S. The maximum Gasteiger partial charge on any atom is 0.168 e. The average Bonchev–Trinajstić information content (AvgIpc) is 2.67. The first-order chi connectivity index (χ1) is 8.61. The minimum Gasteiger partial charge on any atom is -0.322 e. The van der Waals surface area contributed by atoms with Crippen LogP contribution in [0.4, 0.5) is 0 Å². The smallest absolute Gasteiger partial charge is 0.168 e. The quantitative estimate of drug-likeness (QED) is 0.629. The summed E-state index contributed by atoms with van der Waals surface area (Å²) in [5.74, 6) is 0. The fourth-order valence-corrected chi connectivity index (χ4v) is 2.77. The fourth-order valence-electron chi connectivity index (χ4n) is 2.22. The van der Waals surface area contributed by atoms with Gasteiger partial charge in [-0.25, -0.2) is 9.97 Å². The number of aryl methyl sites for hydroxylation is 3. The SMILES string of the molecule is CSc1nc2c3nc(C)cnc3c(C)cc2n1C. The third-order valence-corrected chi connectivity index (χ3v) is 3.86. The molecule has 0 radical (unpaired) electrons. The van der Waals surface area contributed by atoms with Gasteiger partial charge in [-0.15, -0.1) is 0 Å². The molecule has 3 rings (SSSR count). The molecule has 18 heavy (non-hydrogen) atoms. The van der Waals surface area contributed by atoms with Crippen LogP contribution in [0, 0.1) is 13.8 Å². The first-order valence-corrected chi connectivity index (χ1v) is 6.97. The van der Waals surface area contributed by atoms with E-state index < -0.39 is 0 Å². The van der Waals surface area contributed by atoms with E-state index in [0.717, 1.165) is 38.5 Å². The van der Waals surface area contributed by atoms with E-state index in [1.165, 1.54) is 0 Å². The maximum atomic E-state index is 4.66. The third kappa shape index (κ3) is 1.50. The van der Waals surface area contributed by atoms with Gasteiger partial charge in [0.1, 0.15) is 11.0 Å². The highest BCUT2D eigenvalue weighted by molar-refractivity contribution is 7.98. The van der Waals surface area contributed by atoms with Gasteiger partial charge < -0.3 is 4.57 Å². The normalized spacial score (nSPS) is 11.6. The topological polar surface area (TPSA) is 43.6 Å². The van der Waals surface area contributed by atoms with Crippen molar-refractivity contribution in [3.05, 3.63) is 23.5 Å². The molecule has 0 aliphatic carbocycles. The summed E-state index contributed by atoms with van der Waals surface area (Å²) in [4.78, 5) is 13.7. The van der Waals surface area contributed by atoms with Crippen molar-refractivity contribution in [2.75, 3.05) is 6.26 Å². The van der Waals surface area contributed by atoms with Crippen molar-refractivity contribution in [1.82, 2.24) is 19.5 Å². The molecule has 5 heteroatoms. The number of benzene rings is 1. The van der Waals surface area contributed by atoms with Gasteiger partial charge in [-0.05, 0) is 31.7 Å². The Morgan fingerprint density at radius 3 is 2.61 bits per heavy atom. The van der Waals surface area contributed by atoms with Crippen molar-refractivity contribution in [3.8, 4) is 0 Å². The van der Waals surface area contributed by atoms with Gasteiger partial charge in [-0.1, -0.05) is 11.8 Å². The van der Waals surface area contributed by atoms with Crippen LogP contribution in [-0.2, 0) is 7.05 Å². The Kier molecular flexibility index (Phi) is 2.52. The summed E-state index contributed by atoms with van der Waals surface area (Å²) in [6.45, 7) is 4.02. The summed E-state index contributed by atoms with van der Waals surface area (Å²) in [5, 5.41) is 1.00. The van der Waals surface area contributed by atoms with E-state index in [1.54, 1.807) is 18.0 Å². The molecule has 0 saturated heterocycles. The molecule has 0 aliphatic rings. The molecule has 0 fully saturated rings. The van der Waals surface area contributed by atoms with E-state index >= 15 is 0 Å². The molecule has 92 valence electrons. The van der Waals surface area contributed by atoms with Crippen molar-refractivity contribution in [1.29, 1.82) is 0 Å². The molecule has 2 aromatic heterocycles. The molecule has 0 bridgehead atoms. The van der Waals surface area contributed by atoms with Crippen LogP contribution in [0.3, 0.4) is 0 Å². The van der Waals surface area contributed by atoms with Gasteiger partial charge in [-0.2, -0.15) is 0 Å². The van der Waals surface area contributed by atoms with E-state index in [0.29, 0.717) is 0 Å². The molecule has 0 aliphatic heterocycles. The lowest BCUT2D eigenvalue weighted by atomic mass is 10.1. The molecule has 0 unspecified atom stereocenters. The van der Waals surface area contributed by atoms with Crippen molar-refractivity contribution in [2.45, 2.75) is 19.0 Å². The number of fused-ring (bicyclic) bond motifs is 3. The number of imidazole rings is 1. The first kappa shape index (κ1) is 11.5. The third-order valence-electron chi connectivity index (χ3n) is 3.12. The van der Waals surface area contributed by atoms with Crippen LogP contribution >= 0.6 is 11.8 Å². The van der Waals surface area contributed by atoms with E-state index in [9.17, 15) is 0 Å². The van der Waals surface area contributed by atoms with Gasteiger partial charge in [0, 0.05) is 13.2 Å². The number of aromatic nitrogens is 4. The summed E-state index contributed by atoms with van der Waals surface area (Å²) in [6, 6.07) is 2.13. The van der Waals surface area contributed by atoms with E-state index in [2.05, 4.69) is 32.5 Å². The largest absolute Gasteiger partial charge is 0.322 e. The van der Waals surface area contributed by atoms with Gasteiger partial charge in [0.05, 0.1) is 16.7 Å². The van der Waals surface area contributed by atoms with Crippen LogP contribution in [0.5, 0.6) is 0 Å². The second-order valence-corrected chi connectivity index (χ2v) is 5.20. The van der Waals surface area contributed by atoms with E-state index in [4.69, 9.17) is 0 Å². The number of hydrogen-bond donors (Lipinski definition) is 0. The summed E-state index contributed by atoms with van der Waals surface area (Å²) in [6.07, 6.45) is 3.84. The van der Waals surface area contributed by atoms with Gasteiger partial charge >= 0.3 is 0 Å². The Morgan fingerprint density at radius 2 is 1.89 bits per heavy atom. The highest BCUT2D eigenvalue weighted by Crippen LogP contribution is 2.28. The summed E-state index contributed by atoms with van der Waals surface area (Å²) in [7, 11) is 2.04. The Hall–Kier alpha value is -1.62. The predicted octanol–water partition coefficient (Wildman–Crippen LogP) is 2.86. The Balaban J connectivity index is 2.55. The van der Waals surface area contributed by atoms with Crippen LogP contribution in [0.25, 0.3) is 22.1 Å². The summed E-state index contributed by atoms with van der Waals surface area (Å²) < 4.78 is 2.11. The second kappa shape index (κ2) is 3.95. The van der Waals surface area contributed by atoms with Crippen LogP contribution in [0.1, 0.15) is 11.3 Å². The van der Waals surface area contributed by atoms with Crippen LogP contribution < -0.4 is 0 Å². The minimum absolute atomic E-state index is 0.904. The monoisotopic (exact) mass is 258 g/mol. The number of nitrogens with zero attached hydrogens (tertiary/aromatic N) is 4. The van der Waals surface area contributed by atoms with Gasteiger partial charge in [0.2, 0.25) is 0 Å². The Morgan fingerprint density at radius 1 is 1.11 bits per heavy atom. The lowest BCUT2D eigenvalue weighted by Crippen LogP contribution is -1.93. The van der Waals surface area contributed by atoms with Crippen molar-refractivity contribution >= 4 is 33.8 Å². The minimum atomic E-state index is 0.904. The molecule has 0 spiro atoms. The van der Waals surface area contributed by atoms with Crippen molar-refractivity contribution in [2.24, 2.45) is 7.05 Å². The van der Waals surface area contributed by atoms with Crippen LogP contribution in [0.15, 0.2) is 17.4 Å². The van der Waals surface area contributed by atoms with E-state index in [-0.39, 0.29) is 0 Å². The molecule has 0 atom stereocenters. The summed E-state index contributed by atoms with van der Waals surface area (Å²) >= 11 is 1.64. The molecular weight excluding hydrogens is 244 g/mol. The number of hydrogen-bond acceptors (Lipinski definition) is 4. The zero-order valence-corrected chi connectivity index (χ0v) is 11.7. The molecule has 4 nitrogen and oxygen atoms in total. The zero-order valence-electron chi connectivity index (χ0n) is 10.9. The molecule has 2 heterocycles. The Labute approximate surface area is 109 Å². The lowest BCUT2D eigenvalue weighted by Gasteiger charge is -2.04. The molecule has 0 amide bonds. The molecule has 3 aromatic rings. The van der Waals surface area contributed by atoms with Crippen LogP contribution in [0.2, 0.25) is 0 Å². The van der Waals surface area contributed by atoms with Crippen LogP contribution in [-0.4, -0.2) is 25.8 Å². The first-order valence-electron chi connectivity index (χ1n) is 5.75. The van der Waals surface area contributed by atoms with Gasteiger partial charge in [0.15, 0.2) is 5.16 Å². The predicted molar refractivity (Wildman–Crippen MR) is 75.1 cm³/mol. The number of thioether (sulfide) groups is 1. The Bertz CT molecular complexity index is 761. The fraction of sp³-hybridized carbons (Fsp3) is 0.308. The standard InChI is InChI=1S/C13H14N4S/c1-7-5-9-11(16-13(18-4)17(9)3)12-10(7)14-6-8(2)15-12/h5-6H,1-4H3. The van der Waals surface area contributed by atoms with E-state index in [1.807, 2.05) is 20.2 Å².